The minimum atomic E-state index is -0.944. The molecule has 2 fully saturated rings. The largest absolute Gasteiger partial charge is 0.478 e. The van der Waals surface area contributed by atoms with Crippen LogP contribution in [0, 0.1) is 5.41 Å². The minimum Gasteiger partial charge on any atom is -0.478 e. The van der Waals surface area contributed by atoms with Crippen LogP contribution in [0.15, 0.2) is 42.7 Å². The third kappa shape index (κ3) is 3.83. The monoisotopic (exact) mass is 380 g/mol. The smallest absolute Gasteiger partial charge is 0.335 e. The number of anilines is 1. The number of carboxylic acids is 1. The van der Waals surface area contributed by atoms with Crippen molar-refractivity contribution in [3.8, 4) is 0 Å². The van der Waals surface area contributed by atoms with Crippen molar-refractivity contribution < 1.29 is 14.7 Å². The van der Waals surface area contributed by atoms with Gasteiger partial charge in [-0.2, -0.15) is 0 Å². The topological polar surface area (TPSA) is 86.6 Å². The van der Waals surface area contributed by atoms with Gasteiger partial charge in [-0.1, -0.05) is 6.07 Å². The third-order valence-corrected chi connectivity index (χ3v) is 5.81. The number of carboxylic acid groups (broad SMARTS) is 1. The van der Waals surface area contributed by atoms with Crippen LogP contribution in [0.1, 0.15) is 41.7 Å². The first-order chi connectivity index (χ1) is 13.5. The highest BCUT2D eigenvalue weighted by Gasteiger charge is 2.42. The Morgan fingerprint density at radius 1 is 1.14 bits per heavy atom. The van der Waals surface area contributed by atoms with E-state index in [1.54, 1.807) is 18.5 Å². The number of nitrogens with zero attached hydrogens (tertiary/aromatic N) is 4. The molecule has 2 aromatic rings. The zero-order valence-corrected chi connectivity index (χ0v) is 15.8. The van der Waals surface area contributed by atoms with E-state index in [1.807, 2.05) is 23.1 Å². The SMILES string of the molecule is O=C(O)c1ccnc(N2CCCC3(CCC(=O)N(Cc4ccccn4)C3)C2)c1. The van der Waals surface area contributed by atoms with Gasteiger partial charge in [-0.3, -0.25) is 9.78 Å². The molecule has 1 unspecified atom stereocenters. The Labute approximate surface area is 164 Å². The Balaban J connectivity index is 1.51. The fraction of sp³-hybridized carbons (Fsp3) is 0.429. The van der Waals surface area contributed by atoms with Crippen molar-refractivity contribution in [2.24, 2.45) is 5.41 Å². The molecule has 0 radical (unpaired) electrons. The lowest BCUT2D eigenvalue weighted by atomic mass is 9.73. The van der Waals surface area contributed by atoms with E-state index in [9.17, 15) is 14.7 Å². The normalized spacial score (nSPS) is 22.5. The number of carbonyl (C=O) groups excluding carboxylic acids is 1. The zero-order valence-electron chi connectivity index (χ0n) is 15.8. The summed E-state index contributed by atoms with van der Waals surface area (Å²) in [4.78, 5) is 36.6. The predicted octanol–water partition coefficient (Wildman–Crippen LogP) is 2.58. The first-order valence-electron chi connectivity index (χ1n) is 9.67. The summed E-state index contributed by atoms with van der Waals surface area (Å²) in [7, 11) is 0. The molecule has 4 rings (SSSR count). The first-order valence-corrected chi connectivity index (χ1v) is 9.67. The molecule has 0 saturated carbocycles. The molecule has 1 spiro atoms. The molecular weight excluding hydrogens is 356 g/mol. The van der Waals surface area contributed by atoms with Gasteiger partial charge in [0.1, 0.15) is 5.82 Å². The average molecular weight is 380 g/mol. The maximum absolute atomic E-state index is 12.5. The van der Waals surface area contributed by atoms with Crippen molar-refractivity contribution in [1.29, 1.82) is 0 Å². The molecule has 2 saturated heterocycles. The van der Waals surface area contributed by atoms with E-state index in [-0.39, 0.29) is 16.9 Å². The van der Waals surface area contributed by atoms with Crippen molar-refractivity contribution in [2.75, 3.05) is 24.5 Å². The molecule has 2 aromatic heterocycles. The molecule has 7 nitrogen and oxygen atoms in total. The van der Waals surface area contributed by atoms with Gasteiger partial charge >= 0.3 is 5.97 Å². The van der Waals surface area contributed by atoms with Gasteiger partial charge in [-0.05, 0) is 43.5 Å². The highest BCUT2D eigenvalue weighted by molar-refractivity contribution is 5.88. The van der Waals surface area contributed by atoms with Crippen LogP contribution in [-0.2, 0) is 11.3 Å². The van der Waals surface area contributed by atoms with Gasteiger partial charge in [0.05, 0.1) is 17.8 Å². The number of piperidine rings is 2. The Bertz CT molecular complexity index is 873. The number of likely N-dealkylation sites (tertiary alicyclic amines) is 1. The van der Waals surface area contributed by atoms with Crippen LogP contribution in [-0.4, -0.2) is 51.5 Å². The number of rotatable bonds is 4. The van der Waals surface area contributed by atoms with Gasteiger partial charge in [0, 0.05) is 43.9 Å². The fourth-order valence-corrected chi connectivity index (χ4v) is 4.39. The summed E-state index contributed by atoms with van der Waals surface area (Å²) >= 11 is 0. The highest BCUT2D eigenvalue weighted by Crippen LogP contribution is 2.40. The van der Waals surface area contributed by atoms with E-state index in [2.05, 4.69) is 14.9 Å². The van der Waals surface area contributed by atoms with Gasteiger partial charge in [0.25, 0.3) is 0 Å². The van der Waals surface area contributed by atoms with Crippen molar-refractivity contribution in [3.63, 3.8) is 0 Å². The molecule has 0 aliphatic carbocycles. The minimum absolute atomic E-state index is 0.0157. The Morgan fingerprint density at radius 3 is 2.82 bits per heavy atom. The molecule has 2 aliphatic heterocycles. The first kappa shape index (κ1) is 18.4. The van der Waals surface area contributed by atoms with Crippen LogP contribution in [0.5, 0.6) is 0 Å². The van der Waals surface area contributed by atoms with Crippen LogP contribution >= 0.6 is 0 Å². The summed E-state index contributed by atoms with van der Waals surface area (Å²) in [6.45, 7) is 2.88. The standard InChI is InChI=1S/C21H24N4O3/c26-19-5-8-21(15-25(19)13-17-4-1-2-9-22-17)7-3-11-24(14-21)18-12-16(20(27)28)6-10-23-18/h1-2,4,6,9-10,12H,3,5,7-8,11,13-15H2,(H,27,28). The summed E-state index contributed by atoms with van der Waals surface area (Å²) in [5.41, 5.74) is 1.17. The van der Waals surface area contributed by atoms with Gasteiger partial charge < -0.3 is 14.9 Å². The molecular formula is C21H24N4O3. The number of hydrogen-bond donors (Lipinski definition) is 1. The van der Waals surface area contributed by atoms with E-state index in [4.69, 9.17) is 0 Å². The molecule has 28 heavy (non-hydrogen) atoms. The quantitative estimate of drug-likeness (QED) is 0.877. The molecule has 0 bridgehead atoms. The summed E-state index contributed by atoms with van der Waals surface area (Å²) in [6.07, 6.45) is 6.78. The summed E-state index contributed by atoms with van der Waals surface area (Å²) in [6, 6.07) is 8.92. The van der Waals surface area contributed by atoms with Gasteiger partial charge in [0.2, 0.25) is 5.91 Å². The van der Waals surface area contributed by atoms with E-state index >= 15 is 0 Å². The molecule has 1 N–H and O–H groups in total. The Hall–Kier alpha value is -2.96. The maximum atomic E-state index is 12.5. The fourth-order valence-electron chi connectivity index (χ4n) is 4.39. The van der Waals surface area contributed by atoms with Crippen molar-refractivity contribution in [1.82, 2.24) is 14.9 Å². The van der Waals surface area contributed by atoms with Crippen molar-refractivity contribution in [2.45, 2.75) is 32.2 Å². The lowest BCUT2D eigenvalue weighted by molar-refractivity contribution is -0.138. The van der Waals surface area contributed by atoms with Crippen LogP contribution < -0.4 is 4.90 Å². The van der Waals surface area contributed by atoms with Crippen molar-refractivity contribution >= 4 is 17.7 Å². The summed E-state index contributed by atoms with van der Waals surface area (Å²) in [5, 5.41) is 9.26. The van der Waals surface area contributed by atoms with Gasteiger partial charge in [0.15, 0.2) is 0 Å². The molecule has 1 atom stereocenters. The van der Waals surface area contributed by atoms with E-state index in [0.717, 1.165) is 38.0 Å². The molecule has 2 aliphatic rings. The second-order valence-corrected chi connectivity index (χ2v) is 7.80. The van der Waals surface area contributed by atoms with Gasteiger partial charge in [-0.15, -0.1) is 0 Å². The van der Waals surface area contributed by atoms with Crippen molar-refractivity contribution in [3.05, 3.63) is 54.0 Å². The number of amides is 1. The van der Waals surface area contributed by atoms with Crippen LogP contribution in [0.25, 0.3) is 0 Å². The zero-order chi connectivity index (χ0) is 19.6. The van der Waals surface area contributed by atoms with Crippen LogP contribution in [0.2, 0.25) is 0 Å². The molecule has 1 amide bonds. The average Bonchev–Trinajstić information content (AvgIpc) is 2.72. The summed E-state index contributed by atoms with van der Waals surface area (Å²) < 4.78 is 0. The summed E-state index contributed by atoms with van der Waals surface area (Å²) in [5.74, 6) is -0.0632. The van der Waals surface area contributed by atoms with Gasteiger partial charge in [-0.25, -0.2) is 9.78 Å². The Morgan fingerprint density at radius 2 is 2.04 bits per heavy atom. The molecule has 146 valence electrons. The predicted molar refractivity (Wildman–Crippen MR) is 104 cm³/mol. The number of hydrogen-bond acceptors (Lipinski definition) is 5. The van der Waals surface area contributed by atoms with E-state index in [0.29, 0.717) is 25.3 Å². The lowest BCUT2D eigenvalue weighted by Crippen LogP contribution is -2.54. The molecule has 4 heterocycles. The maximum Gasteiger partial charge on any atom is 0.335 e. The lowest BCUT2D eigenvalue weighted by Gasteiger charge is -2.48. The Kier molecular flexibility index (Phi) is 4.98. The van der Waals surface area contributed by atoms with Crippen LogP contribution in [0.4, 0.5) is 5.82 Å². The molecule has 7 heteroatoms. The second kappa shape index (κ2) is 7.58. The third-order valence-electron chi connectivity index (χ3n) is 5.81. The number of carbonyl (C=O) groups is 2. The number of aromatic carboxylic acids is 1. The second-order valence-electron chi connectivity index (χ2n) is 7.80. The highest BCUT2D eigenvalue weighted by atomic mass is 16.4. The van der Waals surface area contributed by atoms with Crippen LogP contribution in [0.3, 0.4) is 0 Å². The number of pyridine rings is 2. The van der Waals surface area contributed by atoms with E-state index < -0.39 is 5.97 Å². The van der Waals surface area contributed by atoms with E-state index in [1.165, 1.54) is 6.07 Å². The number of aromatic nitrogens is 2. The molecule has 0 aromatic carbocycles.